The second-order valence-electron chi connectivity index (χ2n) is 12.3. The van der Waals surface area contributed by atoms with Gasteiger partial charge in [0.15, 0.2) is 11.4 Å². The Labute approximate surface area is 224 Å². The summed E-state index contributed by atoms with van der Waals surface area (Å²) in [5.41, 5.74) is -4.66. The Bertz CT molecular complexity index is 1140. The Morgan fingerprint density at radius 1 is 1.21 bits per heavy atom. The molecule has 6 aliphatic rings. The van der Waals surface area contributed by atoms with Crippen molar-refractivity contribution in [2.45, 2.75) is 106 Å². The number of ether oxygens (including phenoxy) is 4. The fourth-order valence-corrected chi connectivity index (χ4v) is 8.28. The molecule has 3 saturated heterocycles. The van der Waals surface area contributed by atoms with Crippen molar-refractivity contribution in [3.63, 3.8) is 0 Å². The maximum Gasteiger partial charge on any atom is 0.306 e. The molecule has 3 aliphatic carbocycles. The van der Waals surface area contributed by atoms with E-state index in [4.69, 9.17) is 18.9 Å². The number of rotatable bonds is 8. The van der Waals surface area contributed by atoms with E-state index in [1.807, 2.05) is 26.0 Å². The number of carbonyl (C=O) groups is 1. The second kappa shape index (κ2) is 8.43. The molecule has 0 unspecified atom stereocenters. The third kappa shape index (κ3) is 3.03. The fraction of sp³-hybridized carbons (Fsp3) is 0.700. The highest BCUT2D eigenvalue weighted by atomic mass is 16.9. The van der Waals surface area contributed by atoms with Crippen LogP contribution < -0.4 is 0 Å². The van der Waals surface area contributed by atoms with Crippen molar-refractivity contribution in [1.82, 2.24) is 0 Å². The fourth-order valence-electron chi connectivity index (χ4n) is 8.28. The normalized spacial score (nSPS) is 52.2. The van der Waals surface area contributed by atoms with E-state index in [2.05, 4.69) is 19.6 Å². The van der Waals surface area contributed by atoms with E-state index < -0.39 is 70.9 Å². The lowest BCUT2D eigenvalue weighted by atomic mass is 9.54. The molecule has 5 fully saturated rings. The topological polar surface area (TPSA) is 118 Å². The molecule has 11 atom stereocenters. The Hall–Kier alpha value is -1.65. The first-order valence-electron chi connectivity index (χ1n) is 14.0. The lowest BCUT2D eigenvalue weighted by Crippen LogP contribution is -2.72. The van der Waals surface area contributed by atoms with E-state index in [0.29, 0.717) is 12.0 Å². The molecule has 0 amide bonds. The highest BCUT2D eigenvalue weighted by Crippen LogP contribution is 2.72. The van der Waals surface area contributed by atoms with Gasteiger partial charge in [0.05, 0.1) is 12.2 Å². The van der Waals surface area contributed by atoms with Crippen LogP contribution in [0.3, 0.4) is 0 Å². The van der Waals surface area contributed by atoms with Gasteiger partial charge in [0.1, 0.15) is 29.5 Å². The molecule has 38 heavy (non-hydrogen) atoms. The second-order valence-corrected chi connectivity index (χ2v) is 12.3. The van der Waals surface area contributed by atoms with Crippen LogP contribution in [0.2, 0.25) is 0 Å². The molecule has 0 aromatic carbocycles. The summed E-state index contributed by atoms with van der Waals surface area (Å²) in [6, 6.07) is 0. The van der Waals surface area contributed by atoms with Crippen molar-refractivity contribution in [3.05, 3.63) is 48.1 Å². The first-order valence-corrected chi connectivity index (χ1v) is 14.0. The van der Waals surface area contributed by atoms with Gasteiger partial charge in [-0.05, 0) is 50.2 Å². The highest BCUT2D eigenvalue weighted by molar-refractivity contribution is 6.05. The van der Waals surface area contributed by atoms with Gasteiger partial charge >= 0.3 is 5.97 Å². The number of ketones is 1. The Morgan fingerprint density at radius 2 is 1.97 bits per heavy atom. The SMILES string of the molecule is C=C(C)[C@]12C[C@@H](C)[C@@]34O[C@](/C=C\C=C\CCCCC)(O[C@@H]1[C@@H]3[C@@H]1O[C@]1(CO)[C@@H](O)[C@]1(O)C(=O)C(C)=C[C@H]14)O2. The summed E-state index contributed by atoms with van der Waals surface area (Å²) >= 11 is 0. The molecule has 2 saturated carbocycles. The van der Waals surface area contributed by atoms with Crippen molar-refractivity contribution in [2.24, 2.45) is 17.8 Å². The molecular formula is C30H40O8. The monoisotopic (exact) mass is 528 g/mol. The van der Waals surface area contributed by atoms with Gasteiger partial charge in [-0.25, -0.2) is 0 Å². The summed E-state index contributed by atoms with van der Waals surface area (Å²) < 4.78 is 26.3. The van der Waals surface area contributed by atoms with Crippen LogP contribution >= 0.6 is 0 Å². The summed E-state index contributed by atoms with van der Waals surface area (Å²) in [5, 5.41) is 34.1. The summed E-state index contributed by atoms with van der Waals surface area (Å²) in [4.78, 5) is 13.5. The van der Waals surface area contributed by atoms with E-state index in [9.17, 15) is 20.1 Å². The highest BCUT2D eigenvalue weighted by Gasteiger charge is 2.88. The quantitative estimate of drug-likeness (QED) is 0.191. The molecule has 3 bridgehead atoms. The molecule has 3 aliphatic heterocycles. The molecule has 8 heteroatoms. The predicted octanol–water partition coefficient (Wildman–Crippen LogP) is 2.87. The molecule has 0 aromatic rings. The first kappa shape index (κ1) is 26.6. The smallest absolute Gasteiger partial charge is 0.306 e. The number of Topliss-reactive ketones (excluding diaryl/α,β-unsaturated/α-hetero) is 1. The molecule has 208 valence electrons. The number of hydrogen-bond donors (Lipinski definition) is 3. The van der Waals surface area contributed by atoms with Crippen molar-refractivity contribution >= 4 is 5.78 Å². The summed E-state index contributed by atoms with van der Waals surface area (Å²) in [5.74, 6) is -3.79. The van der Waals surface area contributed by atoms with Crippen LogP contribution in [-0.2, 0) is 23.7 Å². The van der Waals surface area contributed by atoms with Crippen LogP contribution in [-0.4, -0.2) is 74.4 Å². The third-order valence-corrected chi connectivity index (χ3v) is 10.2. The number of allylic oxidation sites excluding steroid dienone is 3. The van der Waals surface area contributed by atoms with E-state index in [-0.39, 0.29) is 5.92 Å². The van der Waals surface area contributed by atoms with Crippen LogP contribution in [0.25, 0.3) is 0 Å². The number of hydrogen-bond acceptors (Lipinski definition) is 8. The number of aliphatic hydroxyl groups excluding tert-OH is 2. The number of unbranched alkanes of at least 4 members (excludes halogenated alkanes) is 3. The number of aliphatic hydroxyl groups is 3. The minimum absolute atomic E-state index is 0.235. The van der Waals surface area contributed by atoms with Gasteiger partial charge in [-0.15, -0.1) is 0 Å². The molecule has 0 aromatic heterocycles. The summed E-state index contributed by atoms with van der Waals surface area (Å²) in [7, 11) is 0. The van der Waals surface area contributed by atoms with Gasteiger partial charge in [0.25, 0.3) is 0 Å². The molecular weight excluding hydrogens is 488 g/mol. The Morgan fingerprint density at radius 3 is 2.66 bits per heavy atom. The minimum atomic E-state index is -2.21. The van der Waals surface area contributed by atoms with Gasteiger partial charge in [0.2, 0.25) is 0 Å². The third-order valence-electron chi connectivity index (χ3n) is 10.2. The minimum Gasteiger partial charge on any atom is -0.393 e. The maximum atomic E-state index is 13.5. The van der Waals surface area contributed by atoms with Gasteiger partial charge < -0.3 is 34.3 Å². The summed E-state index contributed by atoms with van der Waals surface area (Å²) in [6.07, 6.45) is 11.4. The molecule has 8 nitrogen and oxygen atoms in total. The average Bonchev–Trinajstić information content (AvgIpc) is 3.52. The van der Waals surface area contributed by atoms with E-state index in [1.165, 1.54) is 6.42 Å². The van der Waals surface area contributed by atoms with Gasteiger partial charge in [0, 0.05) is 17.9 Å². The lowest BCUT2D eigenvalue weighted by Gasteiger charge is -2.59. The lowest BCUT2D eigenvalue weighted by molar-refractivity contribution is -0.406. The summed E-state index contributed by atoms with van der Waals surface area (Å²) in [6.45, 7) is 11.5. The van der Waals surface area contributed by atoms with Crippen LogP contribution in [0.5, 0.6) is 0 Å². The molecule has 0 spiro atoms. The number of fused-ring (bicyclic) bond motifs is 3. The molecule has 3 N–H and O–H groups in total. The Balaban J connectivity index is 1.48. The van der Waals surface area contributed by atoms with Crippen LogP contribution in [0.15, 0.2) is 48.1 Å². The molecule has 3 heterocycles. The van der Waals surface area contributed by atoms with Crippen LogP contribution in [0.1, 0.15) is 59.8 Å². The van der Waals surface area contributed by atoms with E-state index in [1.54, 1.807) is 19.1 Å². The predicted molar refractivity (Wildman–Crippen MR) is 138 cm³/mol. The zero-order chi connectivity index (χ0) is 27.3. The standard InChI is InChI=1S/C30H40O8/c1-6-7-8-9-10-11-12-13-28-36-23-21-24-27(16-31,35-24)25(33)29(34)20(14-18(4)22(29)32)30(21,38-28)19(5)15-26(23,37-28)17(2)3/h10-14,19-21,23-25,31,33-34H,2,6-9,15-16H2,1,3-5H3/b11-10+,13-12-/t19-,20-,21-,23-,24+,25-,26-,27+,28-,29-,30+/m1/s1. The molecule has 0 radical (unpaired) electrons. The Kier molecular flexibility index (Phi) is 5.89. The van der Waals surface area contributed by atoms with Gasteiger partial charge in [-0.3, -0.25) is 4.79 Å². The van der Waals surface area contributed by atoms with E-state index >= 15 is 0 Å². The van der Waals surface area contributed by atoms with Crippen molar-refractivity contribution in [3.8, 4) is 0 Å². The largest absolute Gasteiger partial charge is 0.393 e. The van der Waals surface area contributed by atoms with Crippen LogP contribution in [0, 0.1) is 17.8 Å². The van der Waals surface area contributed by atoms with E-state index in [0.717, 1.165) is 24.8 Å². The van der Waals surface area contributed by atoms with Crippen LogP contribution in [0.4, 0.5) is 0 Å². The molecule has 6 rings (SSSR count). The van der Waals surface area contributed by atoms with Gasteiger partial charge in [-0.1, -0.05) is 57.6 Å². The van der Waals surface area contributed by atoms with Crippen molar-refractivity contribution < 1.29 is 39.1 Å². The zero-order valence-corrected chi connectivity index (χ0v) is 22.7. The zero-order valence-electron chi connectivity index (χ0n) is 22.7. The van der Waals surface area contributed by atoms with Crippen molar-refractivity contribution in [2.75, 3.05) is 6.61 Å². The average molecular weight is 529 g/mol. The van der Waals surface area contributed by atoms with Crippen molar-refractivity contribution in [1.29, 1.82) is 0 Å². The van der Waals surface area contributed by atoms with Gasteiger partial charge in [-0.2, -0.15) is 0 Å². The first-order chi connectivity index (χ1) is 18.0. The number of carbonyl (C=O) groups excluding carboxylic acids is 1. The number of epoxide rings is 1. The maximum absolute atomic E-state index is 13.5.